The molecule has 0 bridgehead atoms. The van der Waals surface area contributed by atoms with Crippen LogP contribution in [-0.4, -0.2) is 72.6 Å². The number of thioether (sulfide) groups is 1. The summed E-state index contributed by atoms with van der Waals surface area (Å²) in [7, 11) is 0. The molecular formula is C16H23N3O9S. The van der Waals surface area contributed by atoms with Gasteiger partial charge in [0.05, 0.1) is 0 Å². The van der Waals surface area contributed by atoms with Crippen LogP contribution >= 0.6 is 11.8 Å². The molecule has 5 atom stereocenters. The molecule has 0 N–H and O–H groups in total. The number of carbonyl (C=O) groups excluding carboxylic acids is 4. The van der Waals surface area contributed by atoms with Gasteiger partial charge in [-0.1, -0.05) is 5.11 Å². The van der Waals surface area contributed by atoms with Crippen molar-refractivity contribution in [3.63, 3.8) is 0 Å². The van der Waals surface area contributed by atoms with Crippen molar-refractivity contribution in [2.45, 2.75) is 57.5 Å². The molecule has 1 heterocycles. The molecule has 0 unspecified atom stereocenters. The Morgan fingerprint density at radius 3 is 2.00 bits per heavy atom. The molecule has 0 spiro atoms. The summed E-state index contributed by atoms with van der Waals surface area (Å²) in [5.74, 6) is -2.35. The monoisotopic (exact) mass is 433 g/mol. The zero-order chi connectivity index (χ0) is 22.0. The van der Waals surface area contributed by atoms with Gasteiger partial charge in [0.15, 0.2) is 18.3 Å². The third-order valence-electron chi connectivity index (χ3n) is 3.48. The van der Waals surface area contributed by atoms with Crippen LogP contribution in [0.2, 0.25) is 0 Å². The van der Waals surface area contributed by atoms with Crippen LogP contribution in [0.3, 0.4) is 0 Å². The maximum absolute atomic E-state index is 11.7. The minimum atomic E-state index is -1.20. The van der Waals surface area contributed by atoms with Crippen molar-refractivity contribution in [2.75, 3.05) is 18.9 Å². The zero-order valence-corrected chi connectivity index (χ0v) is 17.2. The van der Waals surface area contributed by atoms with Crippen molar-refractivity contribution in [1.29, 1.82) is 0 Å². The highest BCUT2D eigenvalue weighted by atomic mass is 32.2. The normalized spacial score (nSPS) is 25.9. The van der Waals surface area contributed by atoms with Crippen LogP contribution in [0.5, 0.6) is 0 Å². The number of hydrogen-bond donors (Lipinski definition) is 0. The van der Waals surface area contributed by atoms with E-state index < -0.39 is 53.7 Å². The molecule has 1 saturated heterocycles. The summed E-state index contributed by atoms with van der Waals surface area (Å²) in [5, 5.41) is 3.41. The average molecular weight is 433 g/mol. The number of carbonyl (C=O) groups is 4. The predicted octanol–water partition coefficient (Wildman–Crippen LogP) is 1.11. The summed E-state index contributed by atoms with van der Waals surface area (Å²) in [6.07, 6.45) is -4.50. The molecule has 1 rings (SSSR count). The van der Waals surface area contributed by atoms with Crippen molar-refractivity contribution in [2.24, 2.45) is 5.11 Å². The van der Waals surface area contributed by atoms with Gasteiger partial charge in [0, 0.05) is 44.9 Å². The van der Waals surface area contributed by atoms with E-state index in [1.807, 2.05) is 0 Å². The van der Waals surface area contributed by atoms with Gasteiger partial charge in [-0.2, -0.15) is 0 Å². The molecule has 29 heavy (non-hydrogen) atoms. The van der Waals surface area contributed by atoms with Gasteiger partial charge in [0.25, 0.3) is 0 Å². The van der Waals surface area contributed by atoms with Crippen molar-refractivity contribution in [1.82, 2.24) is 0 Å². The number of rotatable bonds is 9. The molecule has 0 saturated carbocycles. The fourth-order valence-corrected chi connectivity index (χ4v) is 3.62. The van der Waals surface area contributed by atoms with E-state index in [4.69, 9.17) is 29.2 Å². The van der Waals surface area contributed by atoms with E-state index in [0.29, 0.717) is 5.75 Å². The van der Waals surface area contributed by atoms with Gasteiger partial charge in [-0.25, -0.2) is 0 Å². The quantitative estimate of drug-likeness (QED) is 0.128. The van der Waals surface area contributed by atoms with E-state index in [1.54, 1.807) is 0 Å². The topological polar surface area (TPSA) is 163 Å². The molecule has 0 aromatic heterocycles. The van der Waals surface area contributed by atoms with Crippen LogP contribution in [0.4, 0.5) is 0 Å². The number of azide groups is 1. The van der Waals surface area contributed by atoms with Gasteiger partial charge in [0.1, 0.15) is 18.1 Å². The van der Waals surface area contributed by atoms with E-state index in [9.17, 15) is 19.2 Å². The molecular weight excluding hydrogens is 410 g/mol. The lowest BCUT2D eigenvalue weighted by atomic mass is 9.99. The standard InChI is InChI=1S/C16H23N3O9S/c1-8(20)24-7-12-13(25-9(2)21)14(26-10(3)22)15(27-11(4)23)16(28-12)29-6-5-18-19-17/h12-16H,5-7H2,1-4H3/t12-,13-,14+,15+,16-/m1/s1. The molecule has 1 fully saturated rings. The molecule has 0 radical (unpaired) electrons. The van der Waals surface area contributed by atoms with Gasteiger partial charge in [-0.15, -0.1) is 11.8 Å². The minimum Gasteiger partial charge on any atom is -0.463 e. The van der Waals surface area contributed by atoms with Crippen LogP contribution in [0, 0.1) is 0 Å². The summed E-state index contributed by atoms with van der Waals surface area (Å²) >= 11 is 1.14. The summed E-state index contributed by atoms with van der Waals surface area (Å²) in [6.45, 7) is 4.50. The third-order valence-corrected chi connectivity index (χ3v) is 4.61. The lowest BCUT2D eigenvalue weighted by Gasteiger charge is -2.44. The summed E-state index contributed by atoms with van der Waals surface area (Å²) in [6, 6.07) is 0. The molecule has 162 valence electrons. The van der Waals surface area contributed by atoms with Gasteiger partial charge in [-0.3, -0.25) is 19.2 Å². The Bertz CT molecular complexity index is 668. The van der Waals surface area contributed by atoms with E-state index in [-0.39, 0.29) is 13.2 Å². The highest BCUT2D eigenvalue weighted by Crippen LogP contribution is 2.34. The lowest BCUT2D eigenvalue weighted by Crippen LogP contribution is -2.61. The molecule has 0 aromatic carbocycles. The highest BCUT2D eigenvalue weighted by Gasteiger charge is 2.52. The Morgan fingerprint density at radius 2 is 1.48 bits per heavy atom. The molecule has 1 aliphatic rings. The smallest absolute Gasteiger partial charge is 0.303 e. The lowest BCUT2D eigenvalue weighted by molar-refractivity contribution is -0.237. The van der Waals surface area contributed by atoms with Gasteiger partial charge >= 0.3 is 23.9 Å². The Kier molecular flexibility index (Phi) is 10.3. The van der Waals surface area contributed by atoms with Gasteiger partial charge < -0.3 is 23.7 Å². The Balaban J connectivity index is 3.22. The second-order valence-corrected chi connectivity index (χ2v) is 7.10. The number of nitrogens with zero attached hydrogens (tertiary/aromatic N) is 3. The molecule has 13 heteroatoms. The van der Waals surface area contributed by atoms with Crippen molar-refractivity contribution in [3.8, 4) is 0 Å². The minimum absolute atomic E-state index is 0.133. The summed E-state index contributed by atoms with van der Waals surface area (Å²) < 4.78 is 26.7. The fourth-order valence-electron chi connectivity index (χ4n) is 2.58. The molecule has 0 amide bonds. The first kappa shape index (κ1) is 24.5. The Labute approximate surface area is 171 Å². The second kappa shape index (κ2) is 12.1. The summed E-state index contributed by atoms with van der Waals surface area (Å²) in [4.78, 5) is 48.7. The van der Waals surface area contributed by atoms with E-state index in [0.717, 1.165) is 32.5 Å². The second-order valence-electron chi connectivity index (χ2n) is 5.89. The van der Waals surface area contributed by atoms with E-state index in [1.165, 1.54) is 6.92 Å². The average Bonchev–Trinajstić information content (AvgIpc) is 2.60. The summed E-state index contributed by atoms with van der Waals surface area (Å²) in [5.41, 5.74) is 7.52. The molecule has 0 aromatic rings. The maximum Gasteiger partial charge on any atom is 0.303 e. The third kappa shape index (κ3) is 8.59. The number of ether oxygens (including phenoxy) is 5. The first-order valence-corrected chi connectivity index (χ1v) is 9.63. The van der Waals surface area contributed by atoms with Gasteiger partial charge in [-0.05, 0) is 5.53 Å². The number of hydrogen-bond acceptors (Lipinski definition) is 11. The predicted molar refractivity (Wildman–Crippen MR) is 98.4 cm³/mol. The van der Waals surface area contributed by atoms with Crippen molar-refractivity contribution >= 4 is 35.6 Å². The molecule has 1 aliphatic heterocycles. The maximum atomic E-state index is 11.7. The Hall–Kier alpha value is -2.50. The first-order chi connectivity index (χ1) is 13.6. The van der Waals surface area contributed by atoms with Crippen LogP contribution in [-0.2, 0) is 42.9 Å². The van der Waals surface area contributed by atoms with Crippen molar-refractivity contribution in [3.05, 3.63) is 10.4 Å². The van der Waals surface area contributed by atoms with Gasteiger partial charge in [0.2, 0.25) is 0 Å². The van der Waals surface area contributed by atoms with E-state index >= 15 is 0 Å². The largest absolute Gasteiger partial charge is 0.463 e. The van der Waals surface area contributed by atoms with Crippen LogP contribution in [0.1, 0.15) is 27.7 Å². The number of esters is 4. The Morgan fingerprint density at radius 1 is 0.931 bits per heavy atom. The van der Waals surface area contributed by atoms with E-state index in [2.05, 4.69) is 10.0 Å². The molecule has 12 nitrogen and oxygen atoms in total. The van der Waals surface area contributed by atoms with Crippen molar-refractivity contribution < 1.29 is 42.9 Å². The SMILES string of the molecule is CC(=O)OC[C@H]1O[C@H](SCCN=[N+]=[N-])[C@@H](OC(C)=O)[C@@H](OC(C)=O)[C@@H]1OC(C)=O. The molecule has 0 aliphatic carbocycles. The van der Waals surface area contributed by atoms with Crippen LogP contribution < -0.4 is 0 Å². The first-order valence-electron chi connectivity index (χ1n) is 8.58. The van der Waals surface area contributed by atoms with Crippen LogP contribution in [0.25, 0.3) is 10.4 Å². The highest BCUT2D eigenvalue weighted by molar-refractivity contribution is 7.99. The fraction of sp³-hybridized carbons (Fsp3) is 0.750. The zero-order valence-electron chi connectivity index (χ0n) is 16.4. The van der Waals surface area contributed by atoms with Crippen LogP contribution in [0.15, 0.2) is 5.11 Å².